The average Bonchev–Trinajstić information content (AvgIpc) is 3.12. The van der Waals surface area contributed by atoms with Gasteiger partial charge in [-0.2, -0.15) is 0 Å². The molecule has 0 saturated carbocycles. The monoisotopic (exact) mass is 368 g/mol. The Hall–Kier alpha value is -2.50. The van der Waals surface area contributed by atoms with Gasteiger partial charge >= 0.3 is 0 Å². The first-order chi connectivity index (χ1) is 13.2. The molecule has 1 fully saturated rings. The van der Waals surface area contributed by atoms with Crippen molar-refractivity contribution in [3.8, 4) is 0 Å². The van der Waals surface area contributed by atoms with Crippen LogP contribution in [0.15, 0.2) is 47.7 Å². The molecular formula is C21H32N6. The molecule has 1 aliphatic rings. The minimum absolute atomic E-state index is 0.389. The zero-order valence-electron chi connectivity index (χ0n) is 16.7. The van der Waals surface area contributed by atoms with Crippen LogP contribution in [0.4, 0.5) is 5.69 Å². The lowest BCUT2D eigenvalue weighted by Gasteiger charge is -2.35. The Morgan fingerprint density at radius 1 is 1.30 bits per heavy atom. The number of imidazole rings is 1. The molecule has 1 aromatic carbocycles. The number of hydrogen-bond acceptors (Lipinski definition) is 3. The van der Waals surface area contributed by atoms with Gasteiger partial charge in [0, 0.05) is 50.8 Å². The molecule has 3 rings (SSSR count). The third-order valence-electron chi connectivity index (χ3n) is 4.88. The Morgan fingerprint density at radius 3 is 2.85 bits per heavy atom. The van der Waals surface area contributed by atoms with E-state index in [1.165, 1.54) is 12.1 Å². The number of piperidine rings is 1. The molecule has 1 aromatic heterocycles. The van der Waals surface area contributed by atoms with E-state index >= 15 is 0 Å². The predicted molar refractivity (Wildman–Crippen MR) is 112 cm³/mol. The Morgan fingerprint density at radius 2 is 2.11 bits per heavy atom. The van der Waals surface area contributed by atoms with Gasteiger partial charge in [-0.15, -0.1) is 0 Å². The van der Waals surface area contributed by atoms with Crippen LogP contribution in [0, 0.1) is 5.92 Å². The van der Waals surface area contributed by atoms with Crippen LogP contribution in [0.2, 0.25) is 0 Å². The molecule has 6 nitrogen and oxygen atoms in total. The number of nitrogens with one attached hydrogen (secondary N) is 2. The van der Waals surface area contributed by atoms with Gasteiger partial charge in [0.1, 0.15) is 5.82 Å². The van der Waals surface area contributed by atoms with E-state index in [0.717, 1.165) is 37.8 Å². The molecule has 0 aliphatic carbocycles. The summed E-state index contributed by atoms with van der Waals surface area (Å²) in [5, 5.41) is 7.01. The summed E-state index contributed by atoms with van der Waals surface area (Å²) in [5.41, 5.74) is 1.29. The van der Waals surface area contributed by atoms with Crippen molar-refractivity contribution in [1.82, 2.24) is 20.2 Å². The second-order valence-electron chi connectivity index (χ2n) is 7.58. The third-order valence-corrected chi connectivity index (χ3v) is 4.88. The lowest BCUT2D eigenvalue weighted by atomic mass is 10.1. The van der Waals surface area contributed by atoms with Crippen molar-refractivity contribution in [3.05, 3.63) is 48.5 Å². The lowest BCUT2D eigenvalue weighted by molar-refractivity contribution is 0.466. The number of nitrogens with zero attached hydrogens (tertiary/aromatic N) is 4. The molecule has 1 aliphatic heterocycles. The van der Waals surface area contributed by atoms with Crippen LogP contribution in [-0.2, 0) is 13.1 Å². The lowest BCUT2D eigenvalue weighted by Crippen LogP contribution is -2.51. The van der Waals surface area contributed by atoms with Crippen molar-refractivity contribution >= 4 is 11.6 Å². The molecule has 0 amide bonds. The highest BCUT2D eigenvalue weighted by Crippen LogP contribution is 2.19. The Balaban J connectivity index is 1.54. The van der Waals surface area contributed by atoms with Crippen LogP contribution in [0.1, 0.15) is 32.5 Å². The normalized spacial score (nSPS) is 18.0. The summed E-state index contributed by atoms with van der Waals surface area (Å²) in [4.78, 5) is 11.3. The van der Waals surface area contributed by atoms with Gasteiger partial charge in [0.25, 0.3) is 0 Å². The topological polar surface area (TPSA) is 57.5 Å². The van der Waals surface area contributed by atoms with Crippen molar-refractivity contribution in [2.24, 2.45) is 10.9 Å². The Kier molecular flexibility index (Phi) is 6.74. The molecule has 1 unspecified atom stereocenters. The largest absolute Gasteiger partial charge is 0.369 e. The van der Waals surface area contributed by atoms with Gasteiger partial charge in [-0.3, -0.25) is 4.99 Å². The van der Waals surface area contributed by atoms with Gasteiger partial charge < -0.3 is 20.1 Å². The van der Waals surface area contributed by atoms with Gasteiger partial charge in [-0.25, -0.2) is 4.98 Å². The van der Waals surface area contributed by atoms with Crippen molar-refractivity contribution in [3.63, 3.8) is 0 Å². The second-order valence-corrected chi connectivity index (χ2v) is 7.58. The van der Waals surface area contributed by atoms with Gasteiger partial charge in [-0.05, 0) is 30.9 Å². The van der Waals surface area contributed by atoms with Crippen LogP contribution < -0.4 is 15.5 Å². The summed E-state index contributed by atoms with van der Waals surface area (Å²) >= 11 is 0. The molecular weight excluding hydrogens is 336 g/mol. The fraction of sp³-hybridized carbons (Fsp3) is 0.524. The van der Waals surface area contributed by atoms with E-state index in [0.29, 0.717) is 18.5 Å². The molecule has 1 saturated heterocycles. The highest BCUT2D eigenvalue weighted by atomic mass is 15.2. The predicted octanol–water partition coefficient (Wildman–Crippen LogP) is 2.87. The molecule has 0 radical (unpaired) electrons. The molecule has 27 heavy (non-hydrogen) atoms. The smallest absolute Gasteiger partial charge is 0.191 e. The van der Waals surface area contributed by atoms with Gasteiger partial charge in [0.2, 0.25) is 0 Å². The van der Waals surface area contributed by atoms with Crippen LogP contribution in [0.3, 0.4) is 0 Å². The van der Waals surface area contributed by atoms with Crippen molar-refractivity contribution in [1.29, 1.82) is 0 Å². The third kappa shape index (κ3) is 5.49. The number of benzene rings is 1. The summed E-state index contributed by atoms with van der Waals surface area (Å²) in [6, 6.07) is 11.0. The number of para-hydroxylation sites is 1. The van der Waals surface area contributed by atoms with E-state index in [4.69, 9.17) is 0 Å². The van der Waals surface area contributed by atoms with E-state index in [-0.39, 0.29) is 0 Å². The molecule has 2 heterocycles. The van der Waals surface area contributed by atoms with E-state index < -0.39 is 0 Å². The summed E-state index contributed by atoms with van der Waals surface area (Å²) < 4.78 is 2.21. The van der Waals surface area contributed by atoms with Crippen molar-refractivity contribution < 1.29 is 0 Å². The molecule has 2 aromatic rings. The fourth-order valence-electron chi connectivity index (χ4n) is 3.59. The maximum Gasteiger partial charge on any atom is 0.191 e. The molecule has 0 spiro atoms. The van der Waals surface area contributed by atoms with E-state index in [9.17, 15) is 0 Å². The molecule has 146 valence electrons. The van der Waals surface area contributed by atoms with Crippen molar-refractivity contribution in [2.45, 2.75) is 45.8 Å². The number of anilines is 1. The maximum atomic E-state index is 4.48. The average molecular weight is 369 g/mol. The van der Waals surface area contributed by atoms with Crippen LogP contribution in [0.5, 0.6) is 0 Å². The van der Waals surface area contributed by atoms with Crippen LogP contribution >= 0.6 is 0 Å². The maximum absolute atomic E-state index is 4.48. The number of rotatable bonds is 6. The van der Waals surface area contributed by atoms with Crippen LogP contribution in [-0.4, -0.2) is 41.7 Å². The van der Waals surface area contributed by atoms with E-state index in [1.54, 1.807) is 0 Å². The van der Waals surface area contributed by atoms with Gasteiger partial charge in [0.05, 0.1) is 6.54 Å². The van der Waals surface area contributed by atoms with E-state index in [1.807, 2.05) is 19.4 Å². The first-order valence-electron chi connectivity index (χ1n) is 9.93. The number of guanidine groups is 1. The molecule has 6 heteroatoms. The second kappa shape index (κ2) is 9.44. The molecule has 1 atom stereocenters. The Labute approximate surface area is 162 Å². The fourth-order valence-corrected chi connectivity index (χ4v) is 3.59. The number of aliphatic imine (C=N–C) groups is 1. The summed E-state index contributed by atoms with van der Waals surface area (Å²) in [7, 11) is 1.83. The minimum atomic E-state index is 0.389. The summed E-state index contributed by atoms with van der Waals surface area (Å²) in [6.45, 7) is 8.21. The quantitative estimate of drug-likeness (QED) is 0.608. The molecule has 0 bridgehead atoms. The van der Waals surface area contributed by atoms with Crippen LogP contribution in [0.25, 0.3) is 0 Å². The SMILES string of the molecule is CN=C(NCc1nccn1CC(C)C)NC1CCCN(c2ccccc2)C1. The highest BCUT2D eigenvalue weighted by molar-refractivity contribution is 5.80. The summed E-state index contributed by atoms with van der Waals surface area (Å²) in [5.74, 6) is 2.48. The number of hydrogen-bond donors (Lipinski definition) is 2. The number of aromatic nitrogens is 2. The Bertz CT molecular complexity index is 721. The van der Waals surface area contributed by atoms with Crippen molar-refractivity contribution in [2.75, 3.05) is 25.0 Å². The standard InChI is InChI=1S/C21H32N6/c1-17(2)15-27-13-11-23-20(27)14-24-21(22-3)25-18-8-7-12-26(16-18)19-9-5-4-6-10-19/h4-6,9-11,13,17-18H,7-8,12,14-16H2,1-3H3,(H2,22,24,25). The minimum Gasteiger partial charge on any atom is -0.369 e. The van der Waals surface area contributed by atoms with Gasteiger partial charge in [0.15, 0.2) is 5.96 Å². The molecule has 2 N–H and O–H groups in total. The first kappa shape index (κ1) is 19.3. The zero-order chi connectivity index (χ0) is 19.1. The van der Waals surface area contributed by atoms with E-state index in [2.05, 4.69) is 74.3 Å². The first-order valence-corrected chi connectivity index (χ1v) is 9.93. The van der Waals surface area contributed by atoms with Gasteiger partial charge in [-0.1, -0.05) is 32.0 Å². The zero-order valence-corrected chi connectivity index (χ0v) is 16.7. The summed E-state index contributed by atoms with van der Waals surface area (Å²) in [6.07, 6.45) is 6.26. The highest BCUT2D eigenvalue weighted by Gasteiger charge is 2.21.